The number of amides is 1. The molecule has 37 heavy (non-hydrogen) atoms. The second-order valence-corrected chi connectivity index (χ2v) is 10.4. The number of aryl methyl sites for hydroxylation is 1. The Kier molecular flexibility index (Phi) is 5.49. The molecule has 1 aromatic heterocycles. The number of Topliss-reactive ketones (excluding diaryl/α,β-unsaturated/α-hetero) is 1. The van der Waals surface area contributed by atoms with Crippen LogP contribution in [0.25, 0.3) is 16.0 Å². The van der Waals surface area contributed by atoms with Crippen LogP contribution >= 0.6 is 11.3 Å². The van der Waals surface area contributed by atoms with Gasteiger partial charge in [-0.3, -0.25) is 14.5 Å². The minimum absolute atomic E-state index is 0.0255. The van der Waals surface area contributed by atoms with Crippen molar-refractivity contribution < 1.29 is 24.2 Å². The highest BCUT2D eigenvalue weighted by molar-refractivity contribution is 7.22. The first kappa shape index (κ1) is 23.2. The topological polar surface area (TPSA) is 89.0 Å². The van der Waals surface area contributed by atoms with E-state index < -0.39 is 17.7 Å². The zero-order valence-electron chi connectivity index (χ0n) is 20.5. The molecule has 1 fully saturated rings. The molecule has 0 bridgehead atoms. The fraction of sp³-hybridized carbons (Fsp3) is 0.207. The number of ketones is 1. The number of aliphatic hydroxyl groups excluding tert-OH is 1. The van der Waals surface area contributed by atoms with E-state index in [-0.39, 0.29) is 17.4 Å². The van der Waals surface area contributed by atoms with Gasteiger partial charge >= 0.3 is 5.91 Å². The average Bonchev–Trinajstić information content (AvgIpc) is 3.55. The molecule has 0 unspecified atom stereocenters. The summed E-state index contributed by atoms with van der Waals surface area (Å²) in [5, 5.41) is 11.9. The van der Waals surface area contributed by atoms with E-state index in [1.807, 2.05) is 38.1 Å². The number of aliphatic hydroxyl groups is 1. The number of hydrogen-bond donors (Lipinski definition) is 1. The molecular weight excluding hydrogens is 488 g/mol. The number of benzene rings is 3. The van der Waals surface area contributed by atoms with Gasteiger partial charge in [0.05, 0.1) is 28.9 Å². The summed E-state index contributed by atoms with van der Waals surface area (Å²) in [6.45, 7) is 3.97. The number of anilines is 1. The summed E-state index contributed by atoms with van der Waals surface area (Å²) in [5.74, 6) is -0.291. The van der Waals surface area contributed by atoms with E-state index in [4.69, 9.17) is 9.47 Å². The number of rotatable bonds is 4. The van der Waals surface area contributed by atoms with E-state index in [0.717, 1.165) is 27.1 Å². The van der Waals surface area contributed by atoms with Gasteiger partial charge in [0.1, 0.15) is 23.4 Å². The summed E-state index contributed by atoms with van der Waals surface area (Å²) in [4.78, 5) is 33.0. The lowest BCUT2D eigenvalue weighted by molar-refractivity contribution is -0.132. The van der Waals surface area contributed by atoms with E-state index >= 15 is 0 Å². The summed E-state index contributed by atoms with van der Waals surface area (Å²) in [6.07, 6.45) is 0.748. The van der Waals surface area contributed by atoms with Crippen molar-refractivity contribution in [2.45, 2.75) is 32.4 Å². The molecule has 0 radical (unpaired) electrons. The van der Waals surface area contributed by atoms with E-state index in [1.165, 1.54) is 16.2 Å². The molecule has 2 aliphatic heterocycles. The lowest BCUT2D eigenvalue weighted by Gasteiger charge is -2.23. The minimum atomic E-state index is -0.851. The van der Waals surface area contributed by atoms with Gasteiger partial charge in [-0.1, -0.05) is 29.5 Å². The van der Waals surface area contributed by atoms with Crippen LogP contribution in [0.5, 0.6) is 11.5 Å². The maximum atomic E-state index is 13.5. The summed E-state index contributed by atoms with van der Waals surface area (Å²) >= 11 is 1.34. The van der Waals surface area contributed by atoms with Crippen molar-refractivity contribution in [2.24, 2.45) is 0 Å². The van der Waals surface area contributed by atoms with Crippen LogP contribution in [-0.2, 0) is 16.0 Å². The van der Waals surface area contributed by atoms with E-state index in [2.05, 4.69) is 4.98 Å². The zero-order valence-corrected chi connectivity index (χ0v) is 21.3. The fourth-order valence-electron chi connectivity index (χ4n) is 4.98. The summed E-state index contributed by atoms with van der Waals surface area (Å²) in [7, 11) is 1.57. The van der Waals surface area contributed by atoms with Gasteiger partial charge in [-0.15, -0.1) is 0 Å². The highest BCUT2D eigenvalue weighted by atomic mass is 32.1. The van der Waals surface area contributed by atoms with Gasteiger partial charge in [-0.25, -0.2) is 4.98 Å². The number of aromatic nitrogens is 1. The van der Waals surface area contributed by atoms with E-state index in [1.54, 1.807) is 43.5 Å². The third-order valence-corrected chi connectivity index (χ3v) is 7.80. The SMILES string of the molecule is COc1ccc([C@H]2C(=C(O)c3ccc4c(c3)C[C@@H](C)O4)C(=O)C(=O)N2c2nc3ccc(C)cc3s2)cc1. The molecule has 1 N–H and O–H groups in total. The predicted octanol–water partition coefficient (Wildman–Crippen LogP) is 5.56. The summed E-state index contributed by atoms with van der Waals surface area (Å²) in [5.41, 5.74) is 3.92. The van der Waals surface area contributed by atoms with Crippen LogP contribution in [-0.4, -0.2) is 35.0 Å². The van der Waals surface area contributed by atoms with Crippen LogP contribution in [0.1, 0.15) is 35.2 Å². The van der Waals surface area contributed by atoms with Gasteiger partial charge in [0, 0.05) is 12.0 Å². The molecule has 4 aromatic rings. The van der Waals surface area contributed by atoms with Gasteiger partial charge in [0.2, 0.25) is 0 Å². The van der Waals surface area contributed by atoms with Crippen molar-refractivity contribution in [3.05, 3.63) is 88.5 Å². The molecule has 3 heterocycles. The Morgan fingerprint density at radius 2 is 1.89 bits per heavy atom. The maximum Gasteiger partial charge on any atom is 0.301 e. The number of hydrogen-bond acceptors (Lipinski definition) is 7. The first-order chi connectivity index (χ1) is 17.8. The number of nitrogens with zero attached hydrogens (tertiary/aromatic N) is 2. The molecule has 2 aliphatic rings. The lowest BCUT2D eigenvalue weighted by atomic mass is 9.94. The number of ether oxygens (including phenoxy) is 2. The van der Waals surface area contributed by atoms with Crippen LogP contribution < -0.4 is 14.4 Å². The van der Waals surface area contributed by atoms with Crippen LogP contribution in [0.3, 0.4) is 0 Å². The number of thiazole rings is 1. The lowest BCUT2D eigenvalue weighted by Crippen LogP contribution is -2.29. The Morgan fingerprint density at radius 1 is 1.11 bits per heavy atom. The number of carbonyl (C=O) groups excluding carboxylic acids is 2. The van der Waals surface area contributed by atoms with Gasteiger partial charge in [-0.05, 0) is 73.0 Å². The van der Waals surface area contributed by atoms with Crippen molar-refractivity contribution in [3.63, 3.8) is 0 Å². The third kappa shape index (κ3) is 3.84. The number of fused-ring (bicyclic) bond motifs is 2. The second-order valence-electron chi connectivity index (χ2n) is 9.36. The number of methoxy groups -OCH3 is 1. The van der Waals surface area contributed by atoms with E-state index in [0.29, 0.717) is 28.4 Å². The average molecular weight is 513 g/mol. The normalized spacial score (nSPS) is 20.4. The highest BCUT2D eigenvalue weighted by Crippen LogP contribution is 2.45. The largest absolute Gasteiger partial charge is 0.507 e. The Morgan fingerprint density at radius 3 is 2.65 bits per heavy atom. The van der Waals surface area contributed by atoms with Gasteiger partial charge in [0.15, 0.2) is 5.13 Å². The molecule has 8 heteroatoms. The van der Waals surface area contributed by atoms with Crippen molar-refractivity contribution in [3.8, 4) is 11.5 Å². The monoisotopic (exact) mass is 512 g/mol. The molecule has 0 spiro atoms. The molecule has 0 aliphatic carbocycles. The Balaban J connectivity index is 1.53. The Bertz CT molecular complexity index is 1600. The van der Waals surface area contributed by atoms with Crippen LogP contribution in [0.4, 0.5) is 5.13 Å². The van der Waals surface area contributed by atoms with Gasteiger partial charge in [0.25, 0.3) is 5.78 Å². The van der Waals surface area contributed by atoms with Gasteiger partial charge in [-0.2, -0.15) is 0 Å². The van der Waals surface area contributed by atoms with Crippen molar-refractivity contribution in [2.75, 3.05) is 12.0 Å². The standard InChI is InChI=1S/C29H24N2O5S/c1-15-4-10-21-23(12-15)37-29(30-21)31-25(17-5-8-20(35-3)9-6-17)24(27(33)28(31)34)26(32)18-7-11-22-19(14-18)13-16(2)36-22/h4-12,14,16,25,32H,13H2,1-3H3/t16-,25+/m1/s1. The molecular formula is C29H24N2O5S. The highest BCUT2D eigenvalue weighted by Gasteiger charge is 2.48. The Hall–Kier alpha value is -4.17. The molecule has 0 saturated carbocycles. The fourth-order valence-corrected chi connectivity index (χ4v) is 6.07. The molecule has 1 amide bonds. The van der Waals surface area contributed by atoms with Crippen LogP contribution in [0.2, 0.25) is 0 Å². The molecule has 6 rings (SSSR count). The quantitative estimate of drug-likeness (QED) is 0.219. The first-order valence-electron chi connectivity index (χ1n) is 12.0. The van der Waals surface area contributed by atoms with Crippen molar-refractivity contribution >= 4 is 44.1 Å². The minimum Gasteiger partial charge on any atom is -0.507 e. The first-order valence-corrected chi connectivity index (χ1v) is 12.8. The van der Waals surface area contributed by atoms with E-state index in [9.17, 15) is 14.7 Å². The molecule has 7 nitrogen and oxygen atoms in total. The third-order valence-electron chi connectivity index (χ3n) is 6.78. The smallest absolute Gasteiger partial charge is 0.301 e. The molecule has 3 aromatic carbocycles. The summed E-state index contributed by atoms with van der Waals surface area (Å²) < 4.78 is 12.0. The van der Waals surface area contributed by atoms with Crippen LogP contribution in [0.15, 0.2) is 66.2 Å². The van der Waals surface area contributed by atoms with Gasteiger partial charge < -0.3 is 14.6 Å². The maximum absolute atomic E-state index is 13.5. The predicted molar refractivity (Wildman–Crippen MR) is 142 cm³/mol. The molecule has 1 saturated heterocycles. The van der Waals surface area contributed by atoms with Crippen molar-refractivity contribution in [1.82, 2.24) is 4.98 Å². The van der Waals surface area contributed by atoms with Crippen molar-refractivity contribution in [1.29, 1.82) is 0 Å². The second kappa shape index (κ2) is 8.74. The molecule has 2 atom stereocenters. The zero-order chi connectivity index (χ0) is 25.8. The van der Waals surface area contributed by atoms with Crippen LogP contribution in [0, 0.1) is 6.92 Å². The number of carbonyl (C=O) groups is 2. The Labute approximate surface area is 217 Å². The molecule has 186 valence electrons. The summed E-state index contributed by atoms with van der Waals surface area (Å²) in [6, 6.07) is 17.5.